The van der Waals surface area contributed by atoms with Crippen LogP contribution in [0.1, 0.15) is 12.8 Å². The SMILES string of the molecule is COc1cc(-c2cc(NCC3CC3)ncn2)cc(OC)c1OC. The summed E-state index contributed by atoms with van der Waals surface area (Å²) >= 11 is 0. The fourth-order valence-electron chi connectivity index (χ4n) is 2.41. The molecular weight excluding hydrogens is 294 g/mol. The number of aromatic nitrogens is 2. The molecule has 0 bridgehead atoms. The van der Waals surface area contributed by atoms with Crippen molar-refractivity contribution in [1.82, 2.24) is 9.97 Å². The zero-order valence-electron chi connectivity index (χ0n) is 13.6. The van der Waals surface area contributed by atoms with Gasteiger partial charge in [-0.1, -0.05) is 0 Å². The minimum absolute atomic E-state index is 0.569. The molecule has 1 saturated carbocycles. The predicted molar refractivity (Wildman–Crippen MR) is 88.3 cm³/mol. The molecule has 0 atom stereocenters. The molecule has 1 N–H and O–H groups in total. The van der Waals surface area contributed by atoms with E-state index in [0.29, 0.717) is 17.2 Å². The number of benzene rings is 1. The van der Waals surface area contributed by atoms with Crippen molar-refractivity contribution in [3.63, 3.8) is 0 Å². The molecule has 6 nitrogen and oxygen atoms in total. The summed E-state index contributed by atoms with van der Waals surface area (Å²) in [6.45, 7) is 0.964. The van der Waals surface area contributed by atoms with Gasteiger partial charge in [-0.15, -0.1) is 0 Å². The van der Waals surface area contributed by atoms with Gasteiger partial charge in [-0.05, 0) is 30.9 Å². The summed E-state index contributed by atoms with van der Waals surface area (Å²) in [7, 11) is 4.79. The first-order valence-corrected chi connectivity index (χ1v) is 7.61. The largest absolute Gasteiger partial charge is 0.493 e. The molecule has 0 spiro atoms. The summed E-state index contributed by atoms with van der Waals surface area (Å²) in [6.07, 6.45) is 4.17. The molecule has 1 fully saturated rings. The molecule has 1 aromatic carbocycles. The van der Waals surface area contributed by atoms with Crippen molar-refractivity contribution in [2.45, 2.75) is 12.8 Å². The Morgan fingerprint density at radius 1 is 1.00 bits per heavy atom. The van der Waals surface area contributed by atoms with Crippen molar-refractivity contribution in [3.8, 4) is 28.5 Å². The summed E-state index contributed by atoms with van der Waals surface area (Å²) in [4.78, 5) is 8.63. The summed E-state index contributed by atoms with van der Waals surface area (Å²) in [5, 5.41) is 3.36. The molecule has 0 radical (unpaired) electrons. The highest BCUT2D eigenvalue weighted by atomic mass is 16.5. The molecular formula is C17H21N3O3. The van der Waals surface area contributed by atoms with Crippen molar-refractivity contribution < 1.29 is 14.2 Å². The van der Waals surface area contributed by atoms with Crippen molar-refractivity contribution in [3.05, 3.63) is 24.5 Å². The zero-order valence-corrected chi connectivity index (χ0v) is 13.6. The van der Waals surface area contributed by atoms with Crippen molar-refractivity contribution in [1.29, 1.82) is 0 Å². The van der Waals surface area contributed by atoms with E-state index in [4.69, 9.17) is 14.2 Å². The minimum Gasteiger partial charge on any atom is -0.493 e. The van der Waals surface area contributed by atoms with E-state index in [2.05, 4.69) is 15.3 Å². The monoisotopic (exact) mass is 315 g/mol. The number of hydrogen-bond acceptors (Lipinski definition) is 6. The van der Waals surface area contributed by atoms with Crippen LogP contribution in [0.25, 0.3) is 11.3 Å². The van der Waals surface area contributed by atoms with Gasteiger partial charge in [0, 0.05) is 18.2 Å². The molecule has 0 amide bonds. The Morgan fingerprint density at radius 2 is 1.70 bits per heavy atom. The molecule has 0 saturated heterocycles. The third-order valence-electron chi connectivity index (χ3n) is 3.90. The predicted octanol–water partition coefficient (Wildman–Crippen LogP) is 2.99. The fourth-order valence-corrected chi connectivity index (χ4v) is 2.41. The number of anilines is 1. The van der Waals surface area contributed by atoms with E-state index in [1.165, 1.54) is 12.8 Å². The molecule has 3 rings (SSSR count). The average molecular weight is 315 g/mol. The first-order chi connectivity index (χ1) is 11.2. The smallest absolute Gasteiger partial charge is 0.203 e. The summed E-state index contributed by atoms with van der Waals surface area (Å²) in [5.41, 5.74) is 1.69. The molecule has 1 aromatic heterocycles. The van der Waals surface area contributed by atoms with Gasteiger partial charge in [0.05, 0.1) is 27.0 Å². The first kappa shape index (κ1) is 15.4. The first-order valence-electron chi connectivity index (χ1n) is 7.61. The molecule has 122 valence electrons. The van der Waals surface area contributed by atoms with Gasteiger partial charge in [0.2, 0.25) is 5.75 Å². The van der Waals surface area contributed by atoms with Gasteiger partial charge in [0.25, 0.3) is 0 Å². The third-order valence-corrected chi connectivity index (χ3v) is 3.90. The second kappa shape index (κ2) is 6.73. The Kier molecular flexibility index (Phi) is 4.50. The Morgan fingerprint density at radius 3 is 2.26 bits per heavy atom. The van der Waals surface area contributed by atoms with Crippen LogP contribution < -0.4 is 19.5 Å². The normalized spacial score (nSPS) is 13.5. The standard InChI is InChI=1S/C17H21N3O3/c1-21-14-6-12(7-15(22-2)17(14)23-3)13-8-16(20-10-19-13)18-9-11-4-5-11/h6-8,10-11H,4-5,9H2,1-3H3,(H,18,19,20). The second-order valence-electron chi connectivity index (χ2n) is 5.53. The molecule has 1 aliphatic carbocycles. The highest BCUT2D eigenvalue weighted by molar-refractivity contribution is 5.70. The quantitative estimate of drug-likeness (QED) is 0.847. The van der Waals surface area contributed by atoms with Crippen LogP contribution in [0.5, 0.6) is 17.2 Å². The van der Waals surface area contributed by atoms with Gasteiger partial charge in [-0.2, -0.15) is 0 Å². The lowest BCUT2D eigenvalue weighted by atomic mass is 10.1. The van der Waals surface area contributed by atoms with Crippen LogP contribution in [0, 0.1) is 5.92 Å². The molecule has 6 heteroatoms. The van der Waals surface area contributed by atoms with E-state index in [1.807, 2.05) is 18.2 Å². The maximum Gasteiger partial charge on any atom is 0.203 e. The van der Waals surface area contributed by atoms with Gasteiger partial charge in [-0.3, -0.25) is 0 Å². The van der Waals surface area contributed by atoms with Crippen LogP contribution >= 0.6 is 0 Å². The molecule has 1 aliphatic rings. The van der Waals surface area contributed by atoms with Crippen molar-refractivity contribution >= 4 is 5.82 Å². The minimum atomic E-state index is 0.569. The third kappa shape index (κ3) is 3.47. The number of hydrogen-bond donors (Lipinski definition) is 1. The van der Waals surface area contributed by atoms with Crippen LogP contribution in [0.3, 0.4) is 0 Å². The van der Waals surface area contributed by atoms with Gasteiger partial charge < -0.3 is 19.5 Å². The molecule has 0 aliphatic heterocycles. The topological polar surface area (TPSA) is 65.5 Å². The lowest BCUT2D eigenvalue weighted by molar-refractivity contribution is 0.324. The zero-order chi connectivity index (χ0) is 16.2. The van der Waals surface area contributed by atoms with E-state index in [1.54, 1.807) is 27.7 Å². The highest BCUT2D eigenvalue weighted by Crippen LogP contribution is 2.41. The summed E-state index contributed by atoms with van der Waals surface area (Å²) in [5.74, 6) is 3.39. The lowest BCUT2D eigenvalue weighted by Gasteiger charge is -2.14. The molecule has 2 aromatic rings. The number of methoxy groups -OCH3 is 3. The highest BCUT2D eigenvalue weighted by Gasteiger charge is 2.21. The van der Waals surface area contributed by atoms with Crippen LogP contribution in [0.4, 0.5) is 5.82 Å². The Labute approximate surface area is 135 Å². The molecule has 1 heterocycles. The van der Waals surface area contributed by atoms with E-state index in [0.717, 1.165) is 29.5 Å². The maximum absolute atomic E-state index is 5.39. The average Bonchev–Trinajstić information content (AvgIpc) is 3.43. The molecule has 23 heavy (non-hydrogen) atoms. The van der Waals surface area contributed by atoms with Crippen molar-refractivity contribution in [2.75, 3.05) is 33.2 Å². The van der Waals surface area contributed by atoms with Crippen molar-refractivity contribution in [2.24, 2.45) is 5.92 Å². The Balaban J connectivity index is 1.92. The summed E-state index contributed by atoms with van der Waals surface area (Å²) in [6, 6.07) is 5.70. The van der Waals surface area contributed by atoms with Gasteiger partial charge in [0.1, 0.15) is 12.1 Å². The van der Waals surface area contributed by atoms with E-state index < -0.39 is 0 Å². The number of nitrogens with zero attached hydrogens (tertiary/aromatic N) is 2. The van der Waals surface area contributed by atoms with Gasteiger partial charge in [-0.25, -0.2) is 9.97 Å². The van der Waals surface area contributed by atoms with E-state index in [-0.39, 0.29) is 0 Å². The van der Waals surface area contributed by atoms with Crippen LogP contribution in [0.15, 0.2) is 24.5 Å². The maximum atomic E-state index is 5.39. The second-order valence-corrected chi connectivity index (χ2v) is 5.53. The van der Waals surface area contributed by atoms with E-state index >= 15 is 0 Å². The Bertz CT molecular complexity index is 662. The van der Waals surface area contributed by atoms with Crippen LogP contribution in [0.2, 0.25) is 0 Å². The van der Waals surface area contributed by atoms with Crippen LogP contribution in [-0.4, -0.2) is 37.8 Å². The van der Waals surface area contributed by atoms with E-state index in [9.17, 15) is 0 Å². The Hall–Kier alpha value is -2.50. The summed E-state index contributed by atoms with van der Waals surface area (Å²) < 4.78 is 16.1. The lowest BCUT2D eigenvalue weighted by Crippen LogP contribution is -2.05. The van der Waals surface area contributed by atoms with Gasteiger partial charge in [0.15, 0.2) is 11.5 Å². The fraction of sp³-hybridized carbons (Fsp3) is 0.412. The van der Waals surface area contributed by atoms with Gasteiger partial charge >= 0.3 is 0 Å². The number of rotatable bonds is 7. The van der Waals surface area contributed by atoms with Crippen LogP contribution in [-0.2, 0) is 0 Å². The number of ether oxygens (including phenoxy) is 3. The number of nitrogens with one attached hydrogen (secondary N) is 1. The molecule has 0 unspecified atom stereocenters.